The molecule has 1 heterocycles. The van der Waals surface area contributed by atoms with Crippen LogP contribution in [0, 0.1) is 12.7 Å². The number of aryl methyl sites for hydroxylation is 1. The van der Waals surface area contributed by atoms with Gasteiger partial charge in [0.1, 0.15) is 11.6 Å². The summed E-state index contributed by atoms with van der Waals surface area (Å²) in [5.74, 6) is -2.78. The minimum atomic E-state index is -4.97. The first-order valence-corrected chi connectivity index (χ1v) is 7.72. The molecule has 0 aromatic heterocycles. The fraction of sp³-hybridized carbons (Fsp3) is 0.167. The van der Waals surface area contributed by atoms with Gasteiger partial charge in [0.2, 0.25) is 6.10 Å². The summed E-state index contributed by atoms with van der Waals surface area (Å²) in [6.45, 7) is 1.54. The van der Waals surface area contributed by atoms with E-state index in [0.717, 1.165) is 12.1 Å². The Hall–Kier alpha value is -1.54. The molecule has 1 aliphatic rings. The molecule has 1 atom stereocenters. The molecule has 3 rings (SSSR count). The van der Waals surface area contributed by atoms with Crippen LogP contribution in [0.4, 0.5) is 17.6 Å². The van der Waals surface area contributed by atoms with Gasteiger partial charge < -0.3 is 14.6 Å². The number of aliphatic carboxylic acids is 1. The van der Waals surface area contributed by atoms with E-state index in [1.807, 2.05) is 0 Å². The van der Waals surface area contributed by atoms with Crippen LogP contribution in [0.25, 0.3) is 17.2 Å². The van der Waals surface area contributed by atoms with E-state index in [0.29, 0.717) is 5.56 Å². The van der Waals surface area contributed by atoms with Gasteiger partial charge in [-0.25, -0.2) is 4.39 Å². The topological polar surface area (TPSA) is 49.4 Å². The SMILES string of the molecule is Cc1ccc(-c2cc(Cl)cc3c2OC(C(F)(F)F)C(C(=O)[O-])=C3)cc1F.[Na+]. The van der Waals surface area contributed by atoms with E-state index < -0.39 is 29.6 Å². The van der Waals surface area contributed by atoms with Crippen LogP contribution < -0.4 is 39.4 Å². The third-order valence-corrected chi connectivity index (χ3v) is 4.15. The third-order valence-electron chi connectivity index (χ3n) is 3.93. The van der Waals surface area contributed by atoms with E-state index in [4.69, 9.17) is 16.3 Å². The summed E-state index contributed by atoms with van der Waals surface area (Å²) in [6.07, 6.45) is -6.86. The number of hydrogen-bond acceptors (Lipinski definition) is 3. The molecule has 27 heavy (non-hydrogen) atoms. The quantitative estimate of drug-likeness (QED) is 0.548. The summed E-state index contributed by atoms with van der Waals surface area (Å²) in [5, 5.41) is 11.2. The number of carbonyl (C=O) groups excluding carboxylic acids is 1. The van der Waals surface area contributed by atoms with Crippen molar-refractivity contribution in [3.8, 4) is 16.9 Å². The number of carboxylic acid groups (broad SMARTS) is 1. The molecule has 0 saturated heterocycles. The van der Waals surface area contributed by atoms with E-state index in [2.05, 4.69) is 0 Å². The molecule has 0 fully saturated rings. The van der Waals surface area contributed by atoms with Crippen LogP contribution in [0.5, 0.6) is 5.75 Å². The minimum Gasteiger partial charge on any atom is -0.545 e. The van der Waals surface area contributed by atoms with Crippen molar-refractivity contribution in [2.24, 2.45) is 0 Å². The van der Waals surface area contributed by atoms with E-state index in [9.17, 15) is 27.5 Å². The smallest absolute Gasteiger partial charge is 0.545 e. The molecule has 1 aliphatic heterocycles. The van der Waals surface area contributed by atoms with Gasteiger partial charge in [0.05, 0.1) is 5.97 Å². The number of fused-ring (bicyclic) bond motifs is 1. The zero-order valence-corrected chi connectivity index (χ0v) is 16.9. The summed E-state index contributed by atoms with van der Waals surface area (Å²) >= 11 is 5.99. The normalized spacial score (nSPS) is 15.9. The average Bonchev–Trinajstić information content (AvgIpc) is 2.54. The predicted molar refractivity (Wildman–Crippen MR) is 85.0 cm³/mol. The van der Waals surface area contributed by atoms with Crippen molar-refractivity contribution in [3.05, 3.63) is 57.9 Å². The molecule has 2 aromatic rings. The third kappa shape index (κ3) is 4.32. The molecule has 0 bridgehead atoms. The fourth-order valence-corrected chi connectivity index (χ4v) is 2.89. The van der Waals surface area contributed by atoms with Crippen molar-refractivity contribution in [3.63, 3.8) is 0 Å². The second kappa shape index (κ2) is 7.83. The number of ether oxygens (including phenoxy) is 1. The Balaban J connectivity index is 0.00000261. The Bertz CT molecular complexity index is 941. The average molecular weight is 409 g/mol. The van der Waals surface area contributed by atoms with Crippen molar-refractivity contribution in [2.45, 2.75) is 19.2 Å². The number of carboxylic acids is 1. The summed E-state index contributed by atoms with van der Waals surface area (Å²) in [7, 11) is 0. The first-order chi connectivity index (χ1) is 12.1. The van der Waals surface area contributed by atoms with Gasteiger partial charge in [-0.1, -0.05) is 23.7 Å². The maximum atomic E-state index is 13.9. The number of rotatable bonds is 2. The number of carbonyl (C=O) groups is 1. The monoisotopic (exact) mass is 408 g/mol. The van der Waals surface area contributed by atoms with Gasteiger partial charge in [-0.2, -0.15) is 13.2 Å². The van der Waals surface area contributed by atoms with E-state index in [1.165, 1.54) is 31.2 Å². The van der Waals surface area contributed by atoms with E-state index in [-0.39, 0.29) is 57.0 Å². The van der Waals surface area contributed by atoms with Gasteiger partial charge in [0.25, 0.3) is 0 Å². The van der Waals surface area contributed by atoms with Crippen LogP contribution in [0.1, 0.15) is 11.1 Å². The van der Waals surface area contributed by atoms with Gasteiger partial charge in [-0.05, 0) is 42.3 Å². The Kier molecular flexibility index (Phi) is 6.31. The standard InChI is InChI=1S/C18H11ClF4O3.Na/c1-8-2-3-9(6-14(8)20)12-7-11(19)4-10-5-13(17(24)25)16(18(21,22)23)26-15(10)12;/h2-7,16H,1H3,(H,24,25);/q;+1/p-1. The van der Waals surface area contributed by atoms with Gasteiger partial charge in [0.15, 0.2) is 0 Å². The molecule has 9 heteroatoms. The second-order valence-corrected chi connectivity index (χ2v) is 6.20. The molecular formula is C18H10ClF4NaO3. The number of hydrogen-bond donors (Lipinski definition) is 0. The van der Waals surface area contributed by atoms with Crippen LogP contribution in [0.15, 0.2) is 35.9 Å². The summed E-state index contributed by atoms with van der Waals surface area (Å²) in [4.78, 5) is 11.1. The maximum Gasteiger partial charge on any atom is 1.00 e. The van der Waals surface area contributed by atoms with Crippen LogP contribution >= 0.6 is 11.6 Å². The molecule has 0 radical (unpaired) electrons. The summed E-state index contributed by atoms with van der Waals surface area (Å²) < 4.78 is 58.6. The Morgan fingerprint density at radius 3 is 2.44 bits per heavy atom. The van der Waals surface area contributed by atoms with Crippen LogP contribution in [-0.2, 0) is 4.79 Å². The number of alkyl halides is 3. The molecule has 0 N–H and O–H groups in total. The zero-order chi connectivity index (χ0) is 19.2. The fourth-order valence-electron chi connectivity index (χ4n) is 2.66. The Labute approximate surface area is 178 Å². The van der Waals surface area contributed by atoms with Crippen LogP contribution in [0.2, 0.25) is 5.02 Å². The Morgan fingerprint density at radius 2 is 1.89 bits per heavy atom. The van der Waals surface area contributed by atoms with Crippen molar-refractivity contribution in [1.29, 1.82) is 0 Å². The van der Waals surface area contributed by atoms with Crippen molar-refractivity contribution in [1.82, 2.24) is 0 Å². The summed E-state index contributed by atoms with van der Waals surface area (Å²) in [5.41, 5.74) is -0.299. The number of benzene rings is 2. The zero-order valence-electron chi connectivity index (χ0n) is 14.2. The van der Waals surface area contributed by atoms with Crippen molar-refractivity contribution >= 4 is 23.6 Å². The van der Waals surface area contributed by atoms with E-state index >= 15 is 0 Å². The predicted octanol–water partition coefficient (Wildman–Crippen LogP) is 0.915. The molecule has 0 saturated carbocycles. The molecule has 0 amide bonds. The first kappa shape index (κ1) is 21.8. The van der Waals surface area contributed by atoms with Crippen LogP contribution in [-0.4, -0.2) is 18.2 Å². The van der Waals surface area contributed by atoms with Crippen molar-refractivity contribution in [2.75, 3.05) is 0 Å². The molecular weight excluding hydrogens is 399 g/mol. The number of halogens is 5. The molecule has 1 unspecified atom stereocenters. The second-order valence-electron chi connectivity index (χ2n) is 5.76. The molecule has 0 aliphatic carbocycles. The summed E-state index contributed by atoms with van der Waals surface area (Å²) in [6, 6.07) is 6.71. The van der Waals surface area contributed by atoms with E-state index in [1.54, 1.807) is 0 Å². The van der Waals surface area contributed by atoms with Crippen LogP contribution in [0.3, 0.4) is 0 Å². The van der Waals surface area contributed by atoms with Gasteiger partial charge in [-0.15, -0.1) is 0 Å². The molecule has 2 aromatic carbocycles. The first-order valence-electron chi connectivity index (χ1n) is 7.34. The molecule has 136 valence electrons. The largest absolute Gasteiger partial charge is 1.00 e. The molecule has 3 nitrogen and oxygen atoms in total. The Morgan fingerprint density at radius 1 is 1.22 bits per heavy atom. The van der Waals surface area contributed by atoms with Crippen molar-refractivity contribution < 1.29 is 61.8 Å². The molecule has 0 spiro atoms. The van der Waals surface area contributed by atoms with Gasteiger partial charge in [0, 0.05) is 21.7 Å². The van der Waals surface area contributed by atoms with Gasteiger partial charge in [-0.3, -0.25) is 0 Å². The maximum absolute atomic E-state index is 13.9. The van der Waals surface area contributed by atoms with Gasteiger partial charge >= 0.3 is 35.7 Å². The minimum absolute atomic E-state index is 0.